The molecular formula is C14H22FN3O. The molecule has 0 atom stereocenters. The minimum absolute atomic E-state index is 0.194. The number of nitrogens with zero attached hydrogens (tertiary/aromatic N) is 2. The molecule has 1 aromatic rings. The summed E-state index contributed by atoms with van der Waals surface area (Å²) < 4.78 is 13.6. The van der Waals surface area contributed by atoms with Crippen LogP contribution >= 0.6 is 0 Å². The Hall–Kier alpha value is -1.62. The highest BCUT2D eigenvalue weighted by molar-refractivity contribution is 5.79. The number of halogens is 1. The molecule has 0 unspecified atom stereocenters. The third kappa shape index (κ3) is 5.70. The summed E-state index contributed by atoms with van der Waals surface area (Å²) in [6.45, 7) is 6.23. The standard InChI is InChI=1S/C14H22FN3O/c1-11(2)9-18(8-7-14(16)17-19)10-12-5-3-4-6-13(12)15/h3-6,11,19H,7-10H2,1-2H3,(H2,16,17). The van der Waals surface area contributed by atoms with Gasteiger partial charge < -0.3 is 10.9 Å². The molecule has 19 heavy (non-hydrogen) atoms. The lowest BCUT2D eigenvalue weighted by Gasteiger charge is -2.24. The fourth-order valence-corrected chi connectivity index (χ4v) is 1.94. The third-order valence-electron chi connectivity index (χ3n) is 2.79. The summed E-state index contributed by atoms with van der Waals surface area (Å²) in [5, 5.41) is 11.5. The Morgan fingerprint density at radius 1 is 1.42 bits per heavy atom. The smallest absolute Gasteiger partial charge is 0.140 e. The van der Waals surface area contributed by atoms with Crippen molar-refractivity contribution in [2.75, 3.05) is 13.1 Å². The fourth-order valence-electron chi connectivity index (χ4n) is 1.94. The van der Waals surface area contributed by atoms with Crippen LogP contribution < -0.4 is 5.73 Å². The van der Waals surface area contributed by atoms with E-state index in [1.54, 1.807) is 12.1 Å². The Morgan fingerprint density at radius 3 is 2.68 bits per heavy atom. The van der Waals surface area contributed by atoms with Crippen molar-refractivity contribution >= 4 is 5.84 Å². The zero-order valence-electron chi connectivity index (χ0n) is 11.5. The molecule has 0 aliphatic carbocycles. The highest BCUT2D eigenvalue weighted by atomic mass is 19.1. The number of benzene rings is 1. The van der Waals surface area contributed by atoms with Gasteiger partial charge in [0.2, 0.25) is 0 Å². The van der Waals surface area contributed by atoms with Crippen LogP contribution in [0.1, 0.15) is 25.8 Å². The first-order valence-corrected chi connectivity index (χ1v) is 6.45. The average Bonchev–Trinajstić information content (AvgIpc) is 2.37. The minimum Gasteiger partial charge on any atom is -0.409 e. The molecule has 106 valence electrons. The van der Waals surface area contributed by atoms with Crippen molar-refractivity contribution < 1.29 is 9.60 Å². The number of amidine groups is 1. The van der Waals surface area contributed by atoms with Gasteiger partial charge in [0.1, 0.15) is 11.7 Å². The topological polar surface area (TPSA) is 61.8 Å². The van der Waals surface area contributed by atoms with Crippen molar-refractivity contribution in [3.05, 3.63) is 35.6 Å². The van der Waals surface area contributed by atoms with Gasteiger partial charge in [-0.15, -0.1) is 0 Å². The van der Waals surface area contributed by atoms with Crippen LogP contribution in [0.4, 0.5) is 4.39 Å². The van der Waals surface area contributed by atoms with Crippen LogP contribution in [-0.4, -0.2) is 29.0 Å². The van der Waals surface area contributed by atoms with Crippen LogP contribution in [0.15, 0.2) is 29.4 Å². The van der Waals surface area contributed by atoms with E-state index in [9.17, 15) is 4.39 Å². The molecule has 5 heteroatoms. The molecule has 0 heterocycles. The average molecular weight is 267 g/mol. The summed E-state index contributed by atoms with van der Waals surface area (Å²) in [4.78, 5) is 2.11. The van der Waals surface area contributed by atoms with E-state index in [0.29, 0.717) is 31.0 Å². The predicted octanol–water partition coefficient (Wildman–Crippen LogP) is 2.42. The summed E-state index contributed by atoms with van der Waals surface area (Å²) in [7, 11) is 0. The maximum Gasteiger partial charge on any atom is 0.140 e. The normalized spacial score (nSPS) is 12.4. The first-order valence-electron chi connectivity index (χ1n) is 6.45. The number of hydrogen-bond acceptors (Lipinski definition) is 3. The quantitative estimate of drug-likeness (QED) is 0.345. The molecular weight excluding hydrogens is 245 g/mol. The molecule has 4 nitrogen and oxygen atoms in total. The van der Waals surface area contributed by atoms with E-state index in [1.807, 2.05) is 6.07 Å². The van der Waals surface area contributed by atoms with Gasteiger partial charge >= 0.3 is 0 Å². The number of rotatable bonds is 7. The van der Waals surface area contributed by atoms with Gasteiger partial charge in [0.15, 0.2) is 0 Å². The molecule has 0 spiro atoms. The first-order chi connectivity index (χ1) is 9.02. The van der Waals surface area contributed by atoms with E-state index in [-0.39, 0.29) is 11.7 Å². The van der Waals surface area contributed by atoms with Gasteiger partial charge in [-0.3, -0.25) is 4.90 Å². The first kappa shape index (κ1) is 15.4. The molecule has 3 N–H and O–H groups in total. The Morgan fingerprint density at radius 2 is 2.11 bits per heavy atom. The Labute approximate surface area is 113 Å². The molecule has 0 saturated heterocycles. The van der Waals surface area contributed by atoms with Crippen LogP contribution in [-0.2, 0) is 6.54 Å². The second-order valence-electron chi connectivity index (χ2n) is 5.06. The lowest BCUT2D eigenvalue weighted by molar-refractivity contribution is 0.238. The minimum atomic E-state index is -0.194. The molecule has 0 fully saturated rings. The van der Waals surface area contributed by atoms with E-state index >= 15 is 0 Å². The van der Waals surface area contributed by atoms with E-state index in [2.05, 4.69) is 23.9 Å². The largest absolute Gasteiger partial charge is 0.409 e. The van der Waals surface area contributed by atoms with Gasteiger partial charge in [-0.2, -0.15) is 0 Å². The summed E-state index contributed by atoms with van der Waals surface area (Å²) in [5.74, 6) is 0.474. The predicted molar refractivity (Wildman–Crippen MR) is 74.5 cm³/mol. The van der Waals surface area contributed by atoms with Crippen LogP contribution in [0.5, 0.6) is 0 Å². The molecule has 0 bridgehead atoms. The van der Waals surface area contributed by atoms with Crippen molar-refractivity contribution in [1.82, 2.24) is 4.90 Å². The molecule has 0 aliphatic rings. The van der Waals surface area contributed by atoms with Gasteiger partial charge in [-0.25, -0.2) is 4.39 Å². The number of nitrogens with two attached hydrogens (primary N) is 1. The molecule has 0 aliphatic heterocycles. The lowest BCUT2D eigenvalue weighted by Crippen LogP contribution is -2.31. The Balaban J connectivity index is 2.66. The summed E-state index contributed by atoms with van der Waals surface area (Å²) in [6, 6.07) is 6.76. The maximum atomic E-state index is 13.6. The van der Waals surface area contributed by atoms with Crippen LogP contribution in [0, 0.1) is 11.7 Å². The molecule has 1 rings (SSSR count). The number of oxime groups is 1. The zero-order valence-corrected chi connectivity index (χ0v) is 11.5. The molecule has 0 saturated carbocycles. The summed E-state index contributed by atoms with van der Waals surface area (Å²) in [6.07, 6.45) is 0.470. The van der Waals surface area contributed by atoms with Crippen LogP contribution in [0.2, 0.25) is 0 Å². The summed E-state index contributed by atoms with van der Waals surface area (Å²) in [5.41, 5.74) is 6.14. The van der Waals surface area contributed by atoms with Gasteiger partial charge in [0, 0.05) is 31.6 Å². The fraction of sp³-hybridized carbons (Fsp3) is 0.500. The van der Waals surface area contributed by atoms with E-state index in [4.69, 9.17) is 10.9 Å². The molecule has 0 amide bonds. The van der Waals surface area contributed by atoms with Gasteiger partial charge in [0.05, 0.1) is 0 Å². The highest BCUT2D eigenvalue weighted by Crippen LogP contribution is 2.11. The Kier molecular flexibility index (Phi) is 6.29. The zero-order chi connectivity index (χ0) is 14.3. The molecule has 1 aromatic carbocycles. The second-order valence-corrected chi connectivity index (χ2v) is 5.06. The number of hydrogen-bond donors (Lipinski definition) is 2. The maximum absolute atomic E-state index is 13.6. The SMILES string of the molecule is CC(C)CN(CCC(N)=NO)Cc1ccccc1F. The molecule has 0 radical (unpaired) electrons. The van der Waals surface area contributed by atoms with Crippen molar-refractivity contribution in [3.63, 3.8) is 0 Å². The van der Waals surface area contributed by atoms with Crippen molar-refractivity contribution in [2.24, 2.45) is 16.8 Å². The molecule has 0 aromatic heterocycles. The van der Waals surface area contributed by atoms with Crippen molar-refractivity contribution in [1.29, 1.82) is 0 Å². The lowest BCUT2D eigenvalue weighted by atomic mass is 10.1. The highest BCUT2D eigenvalue weighted by Gasteiger charge is 2.11. The van der Waals surface area contributed by atoms with E-state index in [0.717, 1.165) is 6.54 Å². The monoisotopic (exact) mass is 267 g/mol. The second kappa shape index (κ2) is 7.74. The van der Waals surface area contributed by atoms with E-state index < -0.39 is 0 Å². The van der Waals surface area contributed by atoms with Crippen LogP contribution in [0.25, 0.3) is 0 Å². The summed E-state index contributed by atoms with van der Waals surface area (Å²) >= 11 is 0. The van der Waals surface area contributed by atoms with E-state index in [1.165, 1.54) is 6.07 Å². The van der Waals surface area contributed by atoms with Gasteiger partial charge in [0.25, 0.3) is 0 Å². The van der Waals surface area contributed by atoms with Crippen LogP contribution in [0.3, 0.4) is 0 Å². The third-order valence-corrected chi connectivity index (χ3v) is 2.79. The van der Waals surface area contributed by atoms with Gasteiger partial charge in [-0.1, -0.05) is 37.2 Å². The Bertz CT molecular complexity index is 421. The van der Waals surface area contributed by atoms with Gasteiger partial charge in [-0.05, 0) is 12.0 Å². The van der Waals surface area contributed by atoms with Crippen molar-refractivity contribution in [3.8, 4) is 0 Å². The van der Waals surface area contributed by atoms with Crippen molar-refractivity contribution in [2.45, 2.75) is 26.8 Å².